The van der Waals surface area contributed by atoms with E-state index in [4.69, 9.17) is 4.74 Å². The fourth-order valence-corrected chi connectivity index (χ4v) is 1.78. The maximum absolute atomic E-state index is 11.0. The van der Waals surface area contributed by atoms with Gasteiger partial charge in [-0.2, -0.15) is 0 Å². The van der Waals surface area contributed by atoms with Gasteiger partial charge < -0.3 is 15.4 Å². The van der Waals surface area contributed by atoms with Gasteiger partial charge in [0, 0.05) is 24.5 Å². The zero-order valence-corrected chi connectivity index (χ0v) is 11.6. The van der Waals surface area contributed by atoms with Crippen LogP contribution < -0.4 is 15.4 Å². The fraction of sp³-hybridized carbons (Fsp3) is 0.417. The van der Waals surface area contributed by atoms with Crippen LogP contribution in [-0.4, -0.2) is 26.6 Å². The van der Waals surface area contributed by atoms with E-state index in [1.165, 1.54) is 0 Å². The minimum atomic E-state index is 0.0630. The molecule has 0 heterocycles. The molecule has 2 N–H and O–H groups in total. The highest BCUT2D eigenvalue weighted by Crippen LogP contribution is 2.27. The van der Waals surface area contributed by atoms with Crippen molar-refractivity contribution in [1.29, 1.82) is 0 Å². The Labute approximate surface area is 110 Å². The number of carbonyl (C=O) groups is 1. The number of hydrogen-bond acceptors (Lipinski definition) is 3. The Morgan fingerprint density at radius 1 is 1.47 bits per heavy atom. The van der Waals surface area contributed by atoms with E-state index in [9.17, 15) is 4.79 Å². The lowest BCUT2D eigenvalue weighted by Gasteiger charge is -2.11. The molecule has 1 rings (SSSR count). The molecule has 4 nitrogen and oxygen atoms in total. The van der Waals surface area contributed by atoms with Crippen LogP contribution in [0.4, 0.5) is 5.69 Å². The van der Waals surface area contributed by atoms with E-state index in [0.29, 0.717) is 6.42 Å². The first-order chi connectivity index (χ1) is 8.17. The van der Waals surface area contributed by atoms with Crippen molar-refractivity contribution in [2.24, 2.45) is 0 Å². The second-order valence-electron chi connectivity index (χ2n) is 3.55. The van der Waals surface area contributed by atoms with E-state index in [2.05, 4.69) is 26.6 Å². The zero-order valence-electron chi connectivity index (χ0n) is 10.0. The highest BCUT2D eigenvalue weighted by molar-refractivity contribution is 9.10. The van der Waals surface area contributed by atoms with E-state index in [1.54, 1.807) is 14.2 Å². The first-order valence-electron chi connectivity index (χ1n) is 5.45. The number of ether oxygens (including phenoxy) is 1. The van der Waals surface area contributed by atoms with Crippen molar-refractivity contribution >= 4 is 27.5 Å². The molecule has 1 aromatic rings. The highest BCUT2D eigenvalue weighted by atomic mass is 79.9. The van der Waals surface area contributed by atoms with Gasteiger partial charge in [-0.3, -0.25) is 4.79 Å². The number of benzene rings is 1. The number of nitrogens with one attached hydrogen (secondary N) is 2. The molecule has 0 bridgehead atoms. The third kappa shape index (κ3) is 4.65. The molecule has 0 saturated carbocycles. The first-order valence-corrected chi connectivity index (χ1v) is 6.24. The van der Waals surface area contributed by atoms with Gasteiger partial charge in [-0.15, -0.1) is 0 Å². The van der Waals surface area contributed by atoms with Gasteiger partial charge in [0.15, 0.2) is 0 Å². The van der Waals surface area contributed by atoms with Crippen molar-refractivity contribution in [1.82, 2.24) is 5.32 Å². The molecule has 0 fully saturated rings. The average Bonchev–Trinajstić information content (AvgIpc) is 2.34. The molecule has 0 aromatic heterocycles. The van der Waals surface area contributed by atoms with Crippen molar-refractivity contribution < 1.29 is 9.53 Å². The van der Waals surface area contributed by atoms with Crippen LogP contribution in [0, 0.1) is 0 Å². The lowest BCUT2D eigenvalue weighted by atomic mass is 10.2. The van der Waals surface area contributed by atoms with Crippen LogP contribution in [-0.2, 0) is 4.79 Å². The van der Waals surface area contributed by atoms with Gasteiger partial charge in [0.25, 0.3) is 0 Å². The van der Waals surface area contributed by atoms with Gasteiger partial charge in [0.05, 0.1) is 12.8 Å². The molecular weight excluding hydrogens is 284 g/mol. The van der Waals surface area contributed by atoms with E-state index in [-0.39, 0.29) is 5.91 Å². The van der Waals surface area contributed by atoms with Crippen LogP contribution >= 0.6 is 15.9 Å². The minimum absolute atomic E-state index is 0.0630. The summed E-state index contributed by atoms with van der Waals surface area (Å²) in [4.78, 5) is 11.0. The van der Waals surface area contributed by atoms with Gasteiger partial charge in [0.2, 0.25) is 5.91 Å². The summed E-state index contributed by atoms with van der Waals surface area (Å²) in [5, 5.41) is 5.85. The Kier molecular flexibility index (Phi) is 5.83. The summed E-state index contributed by atoms with van der Waals surface area (Å²) in [7, 11) is 3.28. The molecule has 1 amide bonds. The molecule has 0 saturated heterocycles. The van der Waals surface area contributed by atoms with Crippen LogP contribution in [0.3, 0.4) is 0 Å². The van der Waals surface area contributed by atoms with E-state index >= 15 is 0 Å². The van der Waals surface area contributed by atoms with Gasteiger partial charge in [-0.05, 0) is 24.6 Å². The molecular formula is C12H17BrN2O2. The second kappa shape index (κ2) is 7.17. The summed E-state index contributed by atoms with van der Waals surface area (Å²) in [5.41, 5.74) is 0.929. The van der Waals surface area contributed by atoms with Crippen molar-refractivity contribution in [3.63, 3.8) is 0 Å². The molecule has 0 aliphatic heterocycles. The number of carbonyl (C=O) groups excluding carboxylic acids is 1. The van der Waals surface area contributed by atoms with Crippen molar-refractivity contribution in [3.05, 3.63) is 22.7 Å². The minimum Gasteiger partial charge on any atom is -0.495 e. The van der Waals surface area contributed by atoms with Gasteiger partial charge in [-0.25, -0.2) is 0 Å². The summed E-state index contributed by atoms with van der Waals surface area (Å²) in [6, 6.07) is 5.78. The van der Waals surface area contributed by atoms with Gasteiger partial charge in [-0.1, -0.05) is 15.9 Å². The summed E-state index contributed by atoms with van der Waals surface area (Å²) in [5.74, 6) is 0.862. The van der Waals surface area contributed by atoms with Crippen LogP contribution in [0.25, 0.3) is 0 Å². The maximum Gasteiger partial charge on any atom is 0.219 e. The lowest BCUT2D eigenvalue weighted by Crippen LogP contribution is -2.18. The molecule has 17 heavy (non-hydrogen) atoms. The van der Waals surface area contributed by atoms with Crippen LogP contribution in [0.2, 0.25) is 0 Å². The molecule has 0 atom stereocenters. The van der Waals surface area contributed by atoms with E-state index in [0.717, 1.165) is 28.9 Å². The van der Waals surface area contributed by atoms with Crippen molar-refractivity contribution in [2.45, 2.75) is 12.8 Å². The topological polar surface area (TPSA) is 50.4 Å². The normalized spacial score (nSPS) is 9.82. The number of amides is 1. The summed E-state index contributed by atoms with van der Waals surface area (Å²) < 4.78 is 6.23. The SMILES string of the molecule is CNC(=O)CCCNc1cc(Br)ccc1OC. The van der Waals surface area contributed by atoms with Crippen LogP contribution in [0.5, 0.6) is 5.75 Å². The molecule has 0 radical (unpaired) electrons. The first kappa shape index (κ1) is 13.8. The molecule has 1 aromatic carbocycles. The van der Waals surface area contributed by atoms with Crippen LogP contribution in [0.15, 0.2) is 22.7 Å². The largest absolute Gasteiger partial charge is 0.495 e. The predicted octanol–water partition coefficient (Wildman–Crippen LogP) is 2.40. The number of hydrogen-bond donors (Lipinski definition) is 2. The molecule has 5 heteroatoms. The van der Waals surface area contributed by atoms with Crippen molar-refractivity contribution in [2.75, 3.05) is 26.0 Å². The number of methoxy groups -OCH3 is 1. The van der Waals surface area contributed by atoms with Crippen molar-refractivity contribution in [3.8, 4) is 5.75 Å². The van der Waals surface area contributed by atoms with Gasteiger partial charge in [0.1, 0.15) is 5.75 Å². The number of halogens is 1. The highest BCUT2D eigenvalue weighted by Gasteiger charge is 2.03. The third-order valence-electron chi connectivity index (χ3n) is 2.34. The zero-order chi connectivity index (χ0) is 12.7. The maximum atomic E-state index is 11.0. The molecule has 0 aliphatic carbocycles. The quantitative estimate of drug-likeness (QED) is 0.793. The monoisotopic (exact) mass is 300 g/mol. The van der Waals surface area contributed by atoms with E-state index < -0.39 is 0 Å². The third-order valence-corrected chi connectivity index (χ3v) is 2.83. The summed E-state index contributed by atoms with van der Waals surface area (Å²) >= 11 is 3.41. The van der Waals surface area contributed by atoms with Crippen LogP contribution in [0.1, 0.15) is 12.8 Å². The number of rotatable bonds is 6. The Hall–Kier alpha value is -1.23. The Morgan fingerprint density at radius 3 is 2.88 bits per heavy atom. The molecule has 94 valence electrons. The standard InChI is InChI=1S/C12H17BrN2O2/c1-14-12(16)4-3-7-15-10-8-9(13)5-6-11(10)17-2/h5-6,8,15H,3-4,7H2,1-2H3,(H,14,16). The second-order valence-corrected chi connectivity index (χ2v) is 4.46. The Bertz CT molecular complexity index is 383. The predicted molar refractivity (Wildman–Crippen MR) is 72.5 cm³/mol. The van der Waals surface area contributed by atoms with E-state index in [1.807, 2.05) is 18.2 Å². The molecule has 0 spiro atoms. The number of anilines is 1. The molecule has 0 aliphatic rings. The summed E-state index contributed by atoms with van der Waals surface area (Å²) in [6.45, 7) is 0.736. The Balaban J connectivity index is 2.45. The smallest absolute Gasteiger partial charge is 0.219 e. The fourth-order valence-electron chi connectivity index (χ4n) is 1.42. The summed E-state index contributed by atoms with van der Waals surface area (Å²) in [6.07, 6.45) is 1.31. The Morgan fingerprint density at radius 2 is 2.24 bits per heavy atom. The molecule has 0 unspecified atom stereocenters. The lowest BCUT2D eigenvalue weighted by molar-refractivity contribution is -0.120. The average molecular weight is 301 g/mol. The van der Waals surface area contributed by atoms with Gasteiger partial charge >= 0.3 is 0 Å².